The monoisotopic (exact) mass is 228 g/mol. The molecule has 0 unspecified atom stereocenters. The molecule has 0 atom stereocenters. The van der Waals surface area contributed by atoms with Crippen molar-refractivity contribution in [2.75, 3.05) is 0 Å². The SMILES string of the molecule is Cc1ccc2c(c1)C(=S)c1cc(F)ccc1-2. The second kappa shape index (κ2) is 3.22. The van der Waals surface area contributed by atoms with E-state index in [1.807, 2.05) is 6.92 Å². The summed E-state index contributed by atoms with van der Waals surface area (Å²) in [5.41, 5.74) is 5.23. The van der Waals surface area contributed by atoms with Gasteiger partial charge in [-0.3, -0.25) is 0 Å². The fourth-order valence-electron chi connectivity index (χ4n) is 2.17. The van der Waals surface area contributed by atoms with Crippen LogP contribution in [0.15, 0.2) is 36.4 Å². The Labute approximate surface area is 98.7 Å². The van der Waals surface area contributed by atoms with Gasteiger partial charge >= 0.3 is 0 Å². The number of hydrogen-bond acceptors (Lipinski definition) is 1. The molecule has 0 heterocycles. The minimum atomic E-state index is -0.231. The van der Waals surface area contributed by atoms with Gasteiger partial charge in [-0.15, -0.1) is 0 Å². The molecule has 0 saturated heterocycles. The molecule has 0 aliphatic heterocycles. The van der Waals surface area contributed by atoms with Crippen molar-refractivity contribution in [3.8, 4) is 11.1 Å². The van der Waals surface area contributed by atoms with Crippen LogP contribution in [0.2, 0.25) is 0 Å². The van der Waals surface area contributed by atoms with Gasteiger partial charge in [-0.05, 0) is 36.2 Å². The Bertz CT molecular complexity index is 561. The van der Waals surface area contributed by atoms with Crippen molar-refractivity contribution < 1.29 is 4.39 Å². The fourth-order valence-corrected chi connectivity index (χ4v) is 2.50. The summed E-state index contributed by atoms with van der Waals surface area (Å²) in [7, 11) is 0. The summed E-state index contributed by atoms with van der Waals surface area (Å²) in [6.45, 7) is 2.03. The van der Waals surface area contributed by atoms with Gasteiger partial charge in [-0.2, -0.15) is 0 Å². The van der Waals surface area contributed by atoms with Gasteiger partial charge < -0.3 is 0 Å². The van der Waals surface area contributed by atoms with Crippen LogP contribution in [0, 0.1) is 12.7 Å². The summed E-state index contributed by atoms with van der Waals surface area (Å²) in [6.07, 6.45) is 0. The molecular weight excluding hydrogens is 219 g/mol. The lowest BCUT2D eigenvalue weighted by atomic mass is 10.0. The molecular formula is C14H9FS. The summed E-state index contributed by atoms with van der Waals surface area (Å²) in [5, 5.41) is 0. The molecule has 3 rings (SSSR count). The van der Waals surface area contributed by atoms with Crippen LogP contribution >= 0.6 is 12.2 Å². The third-order valence-corrected chi connectivity index (χ3v) is 3.38. The molecule has 0 amide bonds. The maximum absolute atomic E-state index is 13.2. The predicted molar refractivity (Wildman–Crippen MR) is 67.4 cm³/mol. The Hall–Kier alpha value is -1.54. The van der Waals surface area contributed by atoms with E-state index in [1.165, 1.54) is 17.7 Å². The van der Waals surface area contributed by atoms with Gasteiger partial charge in [0.2, 0.25) is 0 Å². The first kappa shape index (κ1) is 9.67. The van der Waals surface area contributed by atoms with Crippen LogP contribution in [0.25, 0.3) is 11.1 Å². The van der Waals surface area contributed by atoms with Crippen molar-refractivity contribution >= 4 is 17.1 Å². The van der Waals surface area contributed by atoms with Gasteiger partial charge in [0.25, 0.3) is 0 Å². The lowest BCUT2D eigenvalue weighted by Gasteiger charge is -2.00. The molecule has 0 saturated carbocycles. The largest absolute Gasteiger partial charge is 0.207 e. The van der Waals surface area contributed by atoms with Gasteiger partial charge in [0, 0.05) is 11.1 Å². The van der Waals surface area contributed by atoms with Crippen LogP contribution in [0.1, 0.15) is 16.7 Å². The standard InChI is InChI=1S/C14H9FS/c1-8-2-4-10-11-5-3-9(15)7-13(11)14(16)12(10)6-8/h2-7H,1H3. The first-order valence-corrected chi connectivity index (χ1v) is 5.53. The molecule has 78 valence electrons. The maximum atomic E-state index is 13.2. The topological polar surface area (TPSA) is 0 Å². The van der Waals surface area contributed by atoms with Gasteiger partial charge in [0.1, 0.15) is 5.82 Å². The van der Waals surface area contributed by atoms with Crippen molar-refractivity contribution in [2.45, 2.75) is 6.92 Å². The Morgan fingerprint density at radius 3 is 2.25 bits per heavy atom. The van der Waals surface area contributed by atoms with E-state index in [1.54, 1.807) is 6.07 Å². The molecule has 1 aliphatic rings. The zero-order valence-corrected chi connectivity index (χ0v) is 9.57. The maximum Gasteiger partial charge on any atom is 0.123 e. The molecule has 2 heteroatoms. The van der Waals surface area contributed by atoms with E-state index >= 15 is 0 Å². The third kappa shape index (κ3) is 1.23. The van der Waals surface area contributed by atoms with Crippen LogP contribution < -0.4 is 0 Å². The first-order chi connectivity index (χ1) is 7.66. The molecule has 2 aromatic rings. The molecule has 1 aliphatic carbocycles. The number of fused-ring (bicyclic) bond motifs is 3. The summed E-state index contributed by atoms with van der Waals surface area (Å²) in [6, 6.07) is 11.0. The van der Waals surface area contributed by atoms with E-state index in [0.717, 1.165) is 27.1 Å². The fraction of sp³-hybridized carbons (Fsp3) is 0.0714. The average molecular weight is 228 g/mol. The van der Waals surface area contributed by atoms with Crippen LogP contribution in [0.4, 0.5) is 4.39 Å². The van der Waals surface area contributed by atoms with E-state index in [-0.39, 0.29) is 5.82 Å². The molecule has 16 heavy (non-hydrogen) atoms. The zero-order valence-electron chi connectivity index (χ0n) is 8.75. The Balaban J connectivity index is 2.34. The highest BCUT2D eigenvalue weighted by atomic mass is 32.1. The van der Waals surface area contributed by atoms with Crippen molar-refractivity contribution in [1.29, 1.82) is 0 Å². The van der Waals surface area contributed by atoms with Gasteiger partial charge in [0.15, 0.2) is 0 Å². The second-order valence-corrected chi connectivity index (χ2v) is 4.48. The van der Waals surface area contributed by atoms with Crippen molar-refractivity contribution in [2.24, 2.45) is 0 Å². The molecule has 0 spiro atoms. The first-order valence-electron chi connectivity index (χ1n) is 5.12. The highest BCUT2D eigenvalue weighted by Crippen LogP contribution is 2.37. The predicted octanol–water partition coefficient (Wildman–Crippen LogP) is 3.88. The summed E-state index contributed by atoms with van der Waals surface area (Å²) < 4.78 is 13.2. The van der Waals surface area contributed by atoms with Gasteiger partial charge in [0.05, 0.1) is 4.86 Å². The van der Waals surface area contributed by atoms with E-state index in [0.29, 0.717) is 0 Å². The Morgan fingerprint density at radius 2 is 1.50 bits per heavy atom. The quantitative estimate of drug-likeness (QED) is 0.526. The minimum Gasteiger partial charge on any atom is -0.207 e. The second-order valence-electron chi connectivity index (χ2n) is 4.07. The highest BCUT2D eigenvalue weighted by molar-refractivity contribution is 7.81. The minimum absolute atomic E-state index is 0.231. The normalized spacial score (nSPS) is 12.5. The van der Waals surface area contributed by atoms with Crippen LogP contribution in [0.5, 0.6) is 0 Å². The number of rotatable bonds is 0. The highest BCUT2D eigenvalue weighted by Gasteiger charge is 2.23. The number of thiocarbonyl (C=S) groups is 1. The van der Waals surface area contributed by atoms with Crippen LogP contribution in [-0.4, -0.2) is 4.86 Å². The molecule has 0 nitrogen and oxygen atoms in total. The Morgan fingerprint density at radius 1 is 0.875 bits per heavy atom. The van der Waals surface area contributed by atoms with Crippen molar-refractivity contribution in [3.63, 3.8) is 0 Å². The zero-order chi connectivity index (χ0) is 11.3. The van der Waals surface area contributed by atoms with Gasteiger partial charge in [-0.25, -0.2) is 4.39 Å². The van der Waals surface area contributed by atoms with Crippen LogP contribution in [0.3, 0.4) is 0 Å². The summed E-state index contributed by atoms with van der Waals surface area (Å²) in [4.78, 5) is 0.758. The average Bonchev–Trinajstić information content (AvgIpc) is 2.53. The lowest BCUT2D eigenvalue weighted by molar-refractivity contribution is 0.628. The van der Waals surface area contributed by atoms with Crippen molar-refractivity contribution in [1.82, 2.24) is 0 Å². The molecule has 0 aromatic heterocycles. The summed E-state index contributed by atoms with van der Waals surface area (Å²) >= 11 is 5.38. The number of halogens is 1. The smallest absolute Gasteiger partial charge is 0.123 e. The van der Waals surface area contributed by atoms with Crippen LogP contribution in [-0.2, 0) is 0 Å². The Kier molecular flexibility index (Phi) is 1.95. The number of hydrogen-bond donors (Lipinski definition) is 0. The number of benzene rings is 2. The van der Waals surface area contributed by atoms with Gasteiger partial charge in [-0.1, -0.05) is 36.0 Å². The van der Waals surface area contributed by atoms with E-state index in [2.05, 4.69) is 18.2 Å². The van der Waals surface area contributed by atoms with E-state index < -0.39 is 0 Å². The molecule has 0 fully saturated rings. The van der Waals surface area contributed by atoms with E-state index in [9.17, 15) is 4.39 Å². The summed E-state index contributed by atoms with van der Waals surface area (Å²) in [5.74, 6) is -0.231. The molecule has 0 bridgehead atoms. The van der Waals surface area contributed by atoms with E-state index in [4.69, 9.17) is 12.2 Å². The molecule has 0 N–H and O–H groups in total. The number of aryl methyl sites for hydroxylation is 1. The third-order valence-electron chi connectivity index (χ3n) is 2.94. The molecule has 2 aromatic carbocycles. The van der Waals surface area contributed by atoms with Crippen molar-refractivity contribution in [3.05, 3.63) is 58.9 Å². The lowest BCUT2D eigenvalue weighted by Crippen LogP contribution is -1.94. The molecule has 0 radical (unpaired) electrons.